The van der Waals surface area contributed by atoms with Gasteiger partial charge in [-0.15, -0.1) is 0 Å². The van der Waals surface area contributed by atoms with E-state index in [0.29, 0.717) is 0 Å². The predicted octanol–water partition coefficient (Wildman–Crippen LogP) is 3.06. The van der Waals surface area contributed by atoms with Crippen LogP contribution in [-0.4, -0.2) is 84.4 Å². The second-order valence-corrected chi connectivity index (χ2v) is 12.2. The van der Waals surface area contributed by atoms with Crippen LogP contribution in [0.3, 0.4) is 0 Å². The van der Waals surface area contributed by atoms with E-state index in [-0.39, 0.29) is 49.7 Å². The van der Waals surface area contributed by atoms with Gasteiger partial charge in [0.05, 0.1) is 31.4 Å². The Bertz CT molecular complexity index is 1810. The van der Waals surface area contributed by atoms with Crippen LogP contribution in [0.1, 0.15) is 55.7 Å². The molecule has 0 saturated heterocycles. The first-order chi connectivity index (χ1) is 25.4. The van der Waals surface area contributed by atoms with E-state index in [1.807, 2.05) is 0 Å². The number of halogens is 2. The number of methoxy groups -OCH3 is 3. The Hall–Kier alpha value is -5.62. The SMILES string of the molecule is COC(=O)[C@@H](NC(C)=O)[C@H](O)c1ccc(Oc2cc([C@@H](NC(C)=O)C(=O)OC)cc(Oc3ccc([C@@H](O)[C@@H](NC(C)=O)C(=O)OC)cc3Cl)c2O)c(Cl)c1. The Morgan fingerprint density at radius 3 is 1.24 bits per heavy atom. The fraction of sp³-hybridized carbons (Fsp3) is 0.314. The summed E-state index contributed by atoms with van der Waals surface area (Å²) in [5.41, 5.74) is 0.153. The second kappa shape index (κ2) is 18.9. The number of benzene rings is 3. The fourth-order valence-corrected chi connectivity index (χ4v) is 5.39. The van der Waals surface area contributed by atoms with Gasteiger partial charge in [0.2, 0.25) is 23.5 Å². The Morgan fingerprint density at radius 1 is 0.556 bits per heavy atom. The lowest BCUT2D eigenvalue weighted by Crippen LogP contribution is -2.44. The van der Waals surface area contributed by atoms with Crippen molar-refractivity contribution < 1.29 is 67.8 Å². The van der Waals surface area contributed by atoms with E-state index in [4.69, 9.17) is 37.4 Å². The third-order valence-corrected chi connectivity index (χ3v) is 8.06. The first-order valence-electron chi connectivity index (χ1n) is 15.6. The Kier molecular flexibility index (Phi) is 15.0. The number of rotatable bonds is 15. The molecule has 3 aromatic rings. The minimum absolute atomic E-state index is 0.00127. The zero-order chi connectivity index (χ0) is 40.4. The lowest BCUT2D eigenvalue weighted by Gasteiger charge is -2.23. The minimum atomic E-state index is -1.60. The van der Waals surface area contributed by atoms with Crippen LogP contribution in [-0.2, 0) is 43.0 Å². The highest BCUT2D eigenvalue weighted by atomic mass is 35.5. The summed E-state index contributed by atoms with van der Waals surface area (Å²) in [6, 6.07) is 5.67. The van der Waals surface area contributed by atoms with E-state index in [0.717, 1.165) is 42.1 Å². The number of amides is 3. The summed E-state index contributed by atoms with van der Waals surface area (Å²) in [4.78, 5) is 72.6. The van der Waals surface area contributed by atoms with Gasteiger partial charge in [0, 0.05) is 20.8 Å². The van der Waals surface area contributed by atoms with Crippen molar-refractivity contribution in [2.24, 2.45) is 0 Å². The number of aliphatic hydroxyl groups excluding tert-OH is 2. The summed E-state index contributed by atoms with van der Waals surface area (Å²) in [5, 5.41) is 39.8. The number of aliphatic hydroxyl groups is 2. The van der Waals surface area contributed by atoms with E-state index < -0.39 is 71.7 Å². The maximum Gasteiger partial charge on any atom is 0.333 e. The number of carbonyl (C=O) groups excluding carboxylic acids is 6. The number of ether oxygens (including phenoxy) is 5. The van der Waals surface area contributed by atoms with Gasteiger partial charge in [0.25, 0.3) is 0 Å². The fourth-order valence-electron chi connectivity index (χ4n) is 4.94. The second-order valence-electron chi connectivity index (χ2n) is 11.4. The van der Waals surface area contributed by atoms with Gasteiger partial charge in [0.15, 0.2) is 29.6 Å². The van der Waals surface area contributed by atoms with Crippen LogP contribution in [0.25, 0.3) is 0 Å². The third kappa shape index (κ3) is 10.7. The molecule has 0 unspecified atom stereocenters. The monoisotopic (exact) mass is 793 g/mol. The molecule has 6 N–H and O–H groups in total. The van der Waals surface area contributed by atoms with Crippen molar-refractivity contribution in [2.75, 3.05) is 21.3 Å². The van der Waals surface area contributed by atoms with Gasteiger partial charge in [-0.3, -0.25) is 14.4 Å². The van der Waals surface area contributed by atoms with Crippen molar-refractivity contribution in [3.05, 3.63) is 75.3 Å². The largest absolute Gasteiger partial charge is 0.502 e. The normalized spacial score (nSPS) is 13.5. The molecule has 0 spiro atoms. The highest BCUT2D eigenvalue weighted by Crippen LogP contribution is 2.46. The van der Waals surface area contributed by atoms with Crippen molar-refractivity contribution in [1.82, 2.24) is 16.0 Å². The molecule has 0 radical (unpaired) electrons. The number of carbonyl (C=O) groups is 6. The molecule has 5 atom stereocenters. The molecule has 0 heterocycles. The van der Waals surface area contributed by atoms with Crippen LogP contribution in [0.2, 0.25) is 10.0 Å². The summed E-state index contributed by atoms with van der Waals surface area (Å²) in [6.07, 6.45) is -3.20. The van der Waals surface area contributed by atoms with Crippen molar-refractivity contribution in [3.8, 4) is 28.7 Å². The lowest BCUT2D eigenvalue weighted by atomic mass is 10.0. The molecule has 0 aliphatic rings. The molecule has 0 aliphatic heterocycles. The summed E-state index contributed by atoms with van der Waals surface area (Å²) >= 11 is 13.0. The molecule has 17 nitrogen and oxygen atoms in total. The van der Waals surface area contributed by atoms with Crippen LogP contribution in [0.5, 0.6) is 28.7 Å². The molecule has 0 aromatic heterocycles. The predicted molar refractivity (Wildman–Crippen MR) is 189 cm³/mol. The van der Waals surface area contributed by atoms with Crippen molar-refractivity contribution in [3.63, 3.8) is 0 Å². The van der Waals surface area contributed by atoms with Gasteiger partial charge in [-0.2, -0.15) is 0 Å². The smallest absolute Gasteiger partial charge is 0.333 e. The Labute approximate surface area is 318 Å². The number of hydrogen-bond acceptors (Lipinski definition) is 14. The molecule has 290 valence electrons. The first-order valence-corrected chi connectivity index (χ1v) is 16.4. The Morgan fingerprint density at radius 2 is 0.926 bits per heavy atom. The molecule has 54 heavy (non-hydrogen) atoms. The number of aromatic hydroxyl groups is 1. The maximum atomic E-state index is 12.8. The molecule has 3 aromatic carbocycles. The van der Waals surface area contributed by atoms with Gasteiger partial charge < -0.3 is 55.0 Å². The van der Waals surface area contributed by atoms with Gasteiger partial charge in [-0.1, -0.05) is 35.3 Å². The quantitative estimate of drug-likeness (QED) is 0.0957. The highest BCUT2D eigenvalue weighted by Gasteiger charge is 2.32. The summed E-state index contributed by atoms with van der Waals surface area (Å²) in [6.45, 7) is 3.45. The third-order valence-electron chi connectivity index (χ3n) is 7.47. The van der Waals surface area contributed by atoms with Gasteiger partial charge >= 0.3 is 17.9 Å². The zero-order valence-corrected chi connectivity index (χ0v) is 31.1. The molecular formula is C35H37Cl2N3O14. The number of hydrogen-bond donors (Lipinski definition) is 6. The molecule has 3 amide bonds. The van der Waals surface area contributed by atoms with Crippen LogP contribution >= 0.6 is 23.2 Å². The van der Waals surface area contributed by atoms with Crippen LogP contribution in [0.15, 0.2) is 48.5 Å². The summed E-state index contributed by atoms with van der Waals surface area (Å²) in [7, 11) is 3.24. The minimum Gasteiger partial charge on any atom is -0.502 e. The van der Waals surface area contributed by atoms with Gasteiger partial charge in [0.1, 0.15) is 23.7 Å². The maximum absolute atomic E-state index is 12.8. The number of phenols is 1. The molecule has 19 heteroatoms. The summed E-state index contributed by atoms with van der Waals surface area (Å²) in [5.74, 6) is -6.19. The Balaban J connectivity index is 2.09. The summed E-state index contributed by atoms with van der Waals surface area (Å²) < 4.78 is 26.0. The van der Waals surface area contributed by atoms with E-state index in [1.165, 1.54) is 48.5 Å². The molecule has 0 saturated carbocycles. The molecule has 0 fully saturated rings. The van der Waals surface area contributed by atoms with E-state index in [1.54, 1.807) is 0 Å². The van der Waals surface area contributed by atoms with E-state index >= 15 is 0 Å². The number of esters is 3. The van der Waals surface area contributed by atoms with Crippen LogP contribution in [0.4, 0.5) is 0 Å². The van der Waals surface area contributed by atoms with Crippen molar-refractivity contribution in [2.45, 2.75) is 51.1 Å². The van der Waals surface area contributed by atoms with Crippen molar-refractivity contribution >= 4 is 58.8 Å². The number of nitrogens with one attached hydrogen (secondary N) is 3. The lowest BCUT2D eigenvalue weighted by molar-refractivity contribution is -0.148. The van der Waals surface area contributed by atoms with Gasteiger partial charge in [-0.05, 0) is 53.1 Å². The molecule has 0 bridgehead atoms. The first kappa shape index (κ1) is 42.8. The molecular weight excluding hydrogens is 757 g/mol. The zero-order valence-electron chi connectivity index (χ0n) is 29.6. The van der Waals surface area contributed by atoms with E-state index in [9.17, 15) is 44.1 Å². The van der Waals surface area contributed by atoms with Crippen LogP contribution < -0.4 is 25.4 Å². The molecule has 0 aliphatic carbocycles. The standard InChI is InChI=1S/C35H37Cl2N3O14/c1-15(41)38-27(33(47)50-4)20-13-25(53-23-9-7-18(11-21(23)36)30(44)28(34(48)51-5)39-16(2)42)32(46)26(14-20)54-24-10-8-19(12-22(24)37)31(45)29(35(49)52-6)40-17(3)43/h7-14,27-31,44-46H,1-6H3,(H,38,41)(H,39,42)(H,40,43)/t27-,28-,29+,30-,31-/m1/s1. The van der Waals surface area contributed by atoms with Crippen molar-refractivity contribution in [1.29, 1.82) is 0 Å². The number of phenolic OH excluding ortho intramolecular Hbond substituents is 1. The topological polar surface area (TPSA) is 245 Å². The molecule has 3 rings (SSSR count). The average Bonchev–Trinajstić information content (AvgIpc) is 3.12. The van der Waals surface area contributed by atoms with Gasteiger partial charge in [-0.25, -0.2) is 14.4 Å². The van der Waals surface area contributed by atoms with E-state index in [2.05, 4.69) is 25.4 Å². The highest BCUT2D eigenvalue weighted by molar-refractivity contribution is 6.32. The van der Waals surface area contributed by atoms with Crippen LogP contribution in [0, 0.1) is 0 Å². The average molecular weight is 795 g/mol.